The van der Waals surface area contributed by atoms with Gasteiger partial charge >= 0.3 is 0 Å². The highest BCUT2D eigenvalue weighted by molar-refractivity contribution is 5.75. The third kappa shape index (κ3) is 1.88. The number of anilines is 1. The molecule has 0 saturated heterocycles. The molecule has 0 saturated carbocycles. The molecule has 21 heavy (non-hydrogen) atoms. The summed E-state index contributed by atoms with van der Waals surface area (Å²) < 4.78 is 12.8. The molecular weight excluding hydrogens is 268 g/mol. The predicted octanol–water partition coefficient (Wildman–Crippen LogP) is 1.98. The molecule has 1 aromatic heterocycles. The molecule has 2 heterocycles. The van der Waals surface area contributed by atoms with Crippen LogP contribution in [0.1, 0.15) is 11.1 Å². The number of hydrogen-bond donors (Lipinski definition) is 1. The van der Waals surface area contributed by atoms with Crippen LogP contribution < -0.4 is 20.6 Å². The first kappa shape index (κ1) is 13.5. The lowest BCUT2D eigenvalue weighted by atomic mass is 9.93. The Labute approximate surface area is 122 Å². The molecule has 0 unspecified atom stereocenters. The largest absolute Gasteiger partial charge is 0.493 e. The first-order valence-corrected chi connectivity index (χ1v) is 6.82. The van der Waals surface area contributed by atoms with Gasteiger partial charge < -0.3 is 19.8 Å². The molecule has 110 valence electrons. The molecule has 0 radical (unpaired) electrons. The van der Waals surface area contributed by atoms with Crippen molar-refractivity contribution < 1.29 is 9.47 Å². The summed E-state index contributed by atoms with van der Waals surface area (Å²) in [6, 6.07) is 5.32. The van der Waals surface area contributed by atoms with Gasteiger partial charge in [0.05, 0.1) is 19.9 Å². The van der Waals surface area contributed by atoms with Crippen molar-refractivity contribution in [3.63, 3.8) is 0 Å². The van der Waals surface area contributed by atoms with Gasteiger partial charge in [0.2, 0.25) is 0 Å². The van der Waals surface area contributed by atoms with E-state index >= 15 is 0 Å². The van der Waals surface area contributed by atoms with Gasteiger partial charge in [-0.25, -0.2) is 0 Å². The molecule has 1 aromatic carbocycles. The first-order chi connectivity index (χ1) is 10.1. The number of pyridine rings is 1. The van der Waals surface area contributed by atoms with Gasteiger partial charge in [-0.05, 0) is 25.5 Å². The molecule has 2 aromatic rings. The number of fused-ring (bicyclic) bond motifs is 3. The number of rotatable bonds is 2. The molecule has 1 aliphatic heterocycles. The highest BCUT2D eigenvalue weighted by atomic mass is 16.5. The molecule has 0 bridgehead atoms. The zero-order valence-electron chi connectivity index (χ0n) is 12.4. The van der Waals surface area contributed by atoms with E-state index in [1.807, 2.05) is 23.6 Å². The molecule has 0 aliphatic carbocycles. The molecule has 2 N–H and O–H groups in total. The summed E-state index contributed by atoms with van der Waals surface area (Å²) in [4.78, 5) is 12.0. The molecule has 0 atom stereocenters. The summed E-state index contributed by atoms with van der Waals surface area (Å²) in [6.45, 7) is 2.55. The van der Waals surface area contributed by atoms with E-state index in [-0.39, 0.29) is 5.43 Å². The number of aromatic nitrogens is 1. The van der Waals surface area contributed by atoms with Crippen molar-refractivity contribution >= 4 is 5.82 Å². The van der Waals surface area contributed by atoms with Gasteiger partial charge in [0.25, 0.3) is 0 Å². The normalized spacial score (nSPS) is 12.5. The lowest BCUT2D eigenvalue weighted by molar-refractivity contribution is 0.351. The predicted molar refractivity (Wildman–Crippen MR) is 82.1 cm³/mol. The number of methoxy groups -OCH3 is 2. The Balaban J connectivity index is 2.36. The lowest BCUT2D eigenvalue weighted by Gasteiger charge is -2.27. The maximum atomic E-state index is 12.0. The lowest BCUT2D eigenvalue weighted by Crippen LogP contribution is -2.22. The Kier molecular flexibility index (Phi) is 3.12. The fourth-order valence-corrected chi connectivity index (χ4v) is 3.04. The van der Waals surface area contributed by atoms with Crippen LogP contribution in [0.2, 0.25) is 0 Å². The minimum Gasteiger partial charge on any atom is -0.493 e. The van der Waals surface area contributed by atoms with E-state index in [1.54, 1.807) is 14.2 Å². The third-order valence-electron chi connectivity index (χ3n) is 4.07. The van der Waals surface area contributed by atoms with Crippen molar-refractivity contribution in [2.45, 2.75) is 19.9 Å². The smallest absolute Gasteiger partial charge is 0.187 e. The van der Waals surface area contributed by atoms with E-state index in [0.717, 1.165) is 35.5 Å². The number of hydrogen-bond acceptors (Lipinski definition) is 4. The van der Waals surface area contributed by atoms with Crippen LogP contribution in [-0.2, 0) is 13.0 Å². The fourth-order valence-electron chi connectivity index (χ4n) is 3.04. The van der Waals surface area contributed by atoms with E-state index in [0.29, 0.717) is 17.1 Å². The maximum absolute atomic E-state index is 12.0. The summed E-state index contributed by atoms with van der Waals surface area (Å²) in [7, 11) is 3.25. The van der Waals surface area contributed by atoms with Gasteiger partial charge in [-0.1, -0.05) is 0 Å². The van der Waals surface area contributed by atoms with E-state index < -0.39 is 0 Å². The van der Waals surface area contributed by atoms with Crippen LogP contribution in [0.3, 0.4) is 0 Å². The molecule has 5 heteroatoms. The summed E-state index contributed by atoms with van der Waals surface area (Å²) in [6.07, 6.45) is 0.787. The van der Waals surface area contributed by atoms with Crippen LogP contribution in [-0.4, -0.2) is 18.8 Å². The van der Waals surface area contributed by atoms with Crippen LogP contribution in [0.5, 0.6) is 11.5 Å². The quantitative estimate of drug-likeness (QED) is 0.916. The number of nitrogens with zero attached hydrogens (tertiary/aromatic N) is 1. The molecule has 5 nitrogen and oxygen atoms in total. The molecular formula is C16H18N2O3. The SMILES string of the molecule is COc1ccc2c(c1OC)CCn1c(N)cc(=O)c(C)c1-2. The molecule has 1 aliphatic rings. The van der Waals surface area contributed by atoms with Crippen molar-refractivity contribution in [2.75, 3.05) is 20.0 Å². The topological polar surface area (TPSA) is 66.5 Å². The molecule has 0 amide bonds. The highest BCUT2D eigenvalue weighted by Crippen LogP contribution is 2.41. The monoisotopic (exact) mass is 286 g/mol. The average Bonchev–Trinajstić information content (AvgIpc) is 2.50. The first-order valence-electron chi connectivity index (χ1n) is 6.82. The average molecular weight is 286 g/mol. The maximum Gasteiger partial charge on any atom is 0.187 e. The van der Waals surface area contributed by atoms with Crippen molar-refractivity contribution in [2.24, 2.45) is 0 Å². The zero-order valence-corrected chi connectivity index (χ0v) is 12.4. The summed E-state index contributed by atoms with van der Waals surface area (Å²) in [5, 5.41) is 0. The number of nitrogen functional groups attached to an aromatic ring is 1. The van der Waals surface area contributed by atoms with Crippen LogP contribution in [0.15, 0.2) is 23.0 Å². The van der Waals surface area contributed by atoms with Gasteiger partial charge in [0, 0.05) is 29.3 Å². The molecule has 0 fully saturated rings. The Hall–Kier alpha value is -2.43. The van der Waals surface area contributed by atoms with Gasteiger partial charge in [-0.2, -0.15) is 0 Å². The van der Waals surface area contributed by atoms with Crippen molar-refractivity contribution in [1.29, 1.82) is 0 Å². The number of ether oxygens (including phenoxy) is 2. The van der Waals surface area contributed by atoms with E-state index in [4.69, 9.17) is 15.2 Å². The van der Waals surface area contributed by atoms with Crippen LogP contribution in [0.4, 0.5) is 5.82 Å². The Morgan fingerprint density at radius 3 is 2.67 bits per heavy atom. The van der Waals surface area contributed by atoms with E-state index in [2.05, 4.69) is 0 Å². The van der Waals surface area contributed by atoms with Gasteiger partial charge in [-0.3, -0.25) is 4.79 Å². The Morgan fingerprint density at radius 2 is 2.00 bits per heavy atom. The number of nitrogens with two attached hydrogens (primary N) is 1. The summed E-state index contributed by atoms with van der Waals surface area (Å²) >= 11 is 0. The van der Waals surface area contributed by atoms with Crippen molar-refractivity contribution in [3.8, 4) is 22.8 Å². The molecule has 3 rings (SSSR count). The van der Waals surface area contributed by atoms with Crippen LogP contribution in [0, 0.1) is 6.92 Å². The van der Waals surface area contributed by atoms with Crippen molar-refractivity contribution in [3.05, 3.63) is 39.5 Å². The van der Waals surface area contributed by atoms with Gasteiger partial charge in [0.15, 0.2) is 16.9 Å². The Morgan fingerprint density at radius 1 is 1.24 bits per heavy atom. The summed E-state index contributed by atoms with van der Waals surface area (Å²) in [5.41, 5.74) is 9.59. The number of benzene rings is 1. The zero-order chi connectivity index (χ0) is 15.1. The van der Waals surface area contributed by atoms with Gasteiger partial charge in [-0.15, -0.1) is 0 Å². The standard InChI is InChI=1S/C16H18N2O3/c1-9-12(19)8-14(17)18-7-6-11-10(15(9)18)4-5-13(20-2)16(11)21-3/h4-5,8H,6-7,17H2,1-3H3. The third-order valence-corrected chi connectivity index (χ3v) is 4.07. The fraction of sp³-hybridized carbons (Fsp3) is 0.312. The minimum absolute atomic E-state index is 0.0404. The van der Waals surface area contributed by atoms with Crippen molar-refractivity contribution in [1.82, 2.24) is 4.57 Å². The second kappa shape index (κ2) is 4.84. The second-order valence-electron chi connectivity index (χ2n) is 5.14. The van der Waals surface area contributed by atoms with E-state index in [1.165, 1.54) is 6.07 Å². The molecule has 0 spiro atoms. The van der Waals surface area contributed by atoms with Crippen LogP contribution in [0.25, 0.3) is 11.3 Å². The highest BCUT2D eigenvalue weighted by Gasteiger charge is 2.24. The Bertz CT molecular complexity index is 778. The van der Waals surface area contributed by atoms with Gasteiger partial charge in [0.1, 0.15) is 5.82 Å². The second-order valence-corrected chi connectivity index (χ2v) is 5.14. The van der Waals surface area contributed by atoms with E-state index in [9.17, 15) is 4.79 Å². The van der Waals surface area contributed by atoms with Crippen LogP contribution >= 0.6 is 0 Å². The minimum atomic E-state index is -0.0404. The summed E-state index contributed by atoms with van der Waals surface area (Å²) in [5.74, 6) is 1.94.